The highest BCUT2D eigenvalue weighted by molar-refractivity contribution is 5.92. The SMILES string of the molecule is CC(=O)c1cc(N)cc(C(F)(F)F)n1. The van der Waals surface area contributed by atoms with Gasteiger partial charge in [-0.15, -0.1) is 0 Å². The third-order valence-corrected chi connectivity index (χ3v) is 1.50. The Balaban J connectivity index is 3.28. The van der Waals surface area contributed by atoms with E-state index in [-0.39, 0.29) is 11.4 Å². The summed E-state index contributed by atoms with van der Waals surface area (Å²) in [6.45, 7) is 1.13. The van der Waals surface area contributed by atoms with Crippen molar-refractivity contribution in [3.05, 3.63) is 23.5 Å². The molecule has 0 radical (unpaired) electrons. The Kier molecular flexibility index (Phi) is 2.46. The monoisotopic (exact) mass is 204 g/mol. The standard InChI is InChI=1S/C8H7F3N2O/c1-4(14)6-2-5(12)3-7(13-6)8(9,10)11/h2-3H,1H3,(H2,12,13). The summed E-state index contributed by atoms with van der Waals surface area (Å²) in [6, 6.07) is 1.80. The van der Waals surface area contributed by atoms with Crippen molar-refractivity contribution in [1.29, 1.82) is 0 Å². The number of alkyl halides is 3. The van der Waals surface area contributed by atoms with E-state index in [0.717, 1.165) is 13.0 Å². The van der Waals surface area contributed by atoms with Gasteiger partial charge in [0.25, 0.3) is 0 Å². The molecule has 1 aromatic rings. The minimum absolute atomic E-state index is 0.127. The van der Waals surface area contributed by atoms with Crippen LogP contribution in [0.1, 0.15) is 23.1 Å². The van der Waals surface area contributed by atoms with Crippen LogP contribution in [-0.4, -0.2) is 10.8 Å². The zero-order valence-corrected chi connectivity index (χ0v) is 7.22. The van der Waals surface area contributed by atoms with E-state index in [1.54, 1.807) is 0 Å². The molecule has 1 rings (SSSR count). The van der Waals surface area contributed by atoms with E-state index in [1.165, 1.54) is 0 Å². The van der Waals surface area contributed by atoms with Crippen LogP contribution in [0.5, 0.6) is 0 Å². The van der Waals surface area contributed by atoms with Crippen molar-refractivity contribution < 1.29 is 18.0 Å². The number of carbonyl (C=O) groups is 1. The number of Topliss-reactive ketones (excluding diaryl/α,β-unsaturated/α-hetero) is 1. The highest BCUT2D eigenvalue weighted by Crippen LogP contribution is 2.29. The van der Waals surface area contributed by atoms with Gasteiger partial charge in [-0.25, -0.2) is 4.98 Å². The molecule has 0 aliphatic rings. The highest BCUT2D eigenvalue weighted by Gasteiger charge is 2.33. The second-order valence-corrected chi connectivity index (χ2v) is 2.72. The van der Waals surface area contributed by atoms with E-state index in [2.05, 4.69) is 4.98 Å². The second kappa shape index (κ2) is 3.28. The van der Waals surface area contributed by atoms with E-state index >= 15 is 0 Å². The Bertz CT molecular complexity index is 373. The Morgan fingerprint density at radius 3 is 2.43 bits per heavy atom. The van der Waals surface area contributed by atoms with Gasteiger partial charge in [0.15, 0.2) is 5.78 Å². The van der Waals surface area contributed by atoms with Crippen LogP contribution in [-0.2, 0) is 6.18 Å². The summed E-state index contributed by atoms with van der Waals surface area (Å²) in [7, 11) is 0. The van der Waals surface area contributed by atoms with Gasteiger partial charge >= 0.3 is 6.18 Å². The summed E-state index contributed by atoms with van der Waals surface area (Å²) in [4.78, 5) is 13.9. The molecule has 76 valence electrons. The lowest BCUT2D eigenvalue weighted by molar-refractivity contribution is -0.141. The first kappa shape index (κ1) is 10.5. The lowest BCUT2D eigenvalue weighted by Crippen LogP contribution is -2.12. The molecule has 0 aliphatic heterocycles. The maximum Gasteiger partial charge on any atom is 0.433 e. The molecule has 0 saturated carbocycles. The normalized spacial score (nSPS) is 11.4. The van der Waals surface area contributed by atoms with Crippen molar-refractivity contribution in [2.45, 2.75) is 13.1 Å². The van der Waals surface area contributed by atoms with Crippen molar-refractivity contribution in [1.82, 2.24) is 4.98 Å². The van der Waals surface area contributed by atoms with E-state index in [0.29, 0.717) is 6.07 Å². The van der Waals surface area contributed by atoms with Crippen molar-refractivity contribution >= 4 is 11.5 Å². The number of anilines is 1. The number of halogens is 3. The lowest BCUT2D eigenvalue weighted by Gasteiger charge is -2.07. The molecule has 0 saturated heterocycles. The minimum atomic E-state index is -4.58. The predicted octanol–water partition coefficient (Wildman–Crippen LogP) is 1.89. The first-order chi connectivity index (χ1) is 6.30. The maximum atomic E-state index is 12.2. The van der Waals surface area contributed by atoms with Gasteiger partial charge in [0.05, 0.1) is 0 Å². The molecule has 0 aliphatic carbocycles. The fourth-order valence-electron chi connectivity index (χ4n) is 0.877. The zero-order chi connectivity index (χ0) is 10.9. The van der Waals surface area contributed by atoms with Gasteiger partial charge in [-0.3, -0.25) is 4.79 Å². The molecule has 0 amide bonds. The molecule has 2 N–H and O–H groups in total. The largest absolute Gasteiger partial charge is 0.433 e. The minimum Gasteiger partial charge on any atom is -0.399 e. The van der Waals surface area contributed by atoms with Crippen LogP contribution in [0.2, 0.25) is 0 Å². The number of nitrogens with zero attached hydrogens (tertiary/aromatic N) is 1. The average Bonchev–Trinajstić information content (AvgIpc) is 2.01. The maximum absolute atomic E-state index is 12.2. The molecule has 1 aromatic heterocycles. The molecule has 14 heavy (non-hydrogen) atoms. The molecule has 1 heterocycles. The molecule has 3 nitrogen and oxygen atoms in total. The molecule has 0 spiro atoms. The second-order valence-electron chi connectivity index (χ2n) is 2.72. The molecule has 0 fully saturated rings. The Morgan fingerprint density at radius 2 is 2.00 bits per heavy atom. The molecular weight excluding hydrogens is 197 g/mol. The van der Waals surface area contributed by atoms with Gasteiger partial charge in [-0.1, -0.05) is 0 Å². The number of hydrogen-bond donors (Lipinski definition) is 1. The topological polar surface area (TPSA) is 56.0 Å². The first-order valence-corrected chi connectivity index (χ1v) is 3.66. The number of rotatable bonds is 1. The zero-order valence-electron chi connectivity index (χ0n) is 7.22. The lowest BCUT2D eigenvalue weighted by atomic mass is 10.2. The molecule has 6 heteroatoms. The van der Waals surface area contributed by atoms with Crippen molar-refractivity contribution in [3.63, 3.8) is 0 Å². The van der Waals surface area contributed by atoms with Gasteiger partial charge in [0.1, 0.15) is 11.4 Å². The van der Waals surface area contributed by atoms with Crippen LogP contribution < -0.4 is 5.73 Å². The predicted molar refractivity (Wildman–Crippen MR) is 43.7 cm³/mol. The van der Waals surface area contributed by atoms with Crippen LogP contribution in [0.25, 0.3) is 0 Å². The number of ketones is 1. The molecule has 0 bridgehead atoms. The van der Waals surface area contributed by atoms with Gasteiger partial charge in [-0.05, 0) is 12.1 Å². The van der Waals surface area contributed by atoms with E-state index in [1.807, 2.05) is 0 Å². The van der Waals surface area contributed by atoms with Crippen LogP contribution >= 0.6 is 0 Å². The molecule has 0 atom stereocenters. The van der Waals surface area contributed by atoms with E-state index < -0.39 is 17.7 Å². The molecule has 0 unspecified atom stereocenters. The van der Waals surface area contributed by atoms with Crippen molar-refractivity contribution in [2.75, 3.05) is 5.73 Å². The summed E-state index contributed by atoms with van der Waals surface area (Å²) in [5, 5.41) is 0. The number of hydrogen-bond acceptors (Lipinski definition) is 3. The smallest absolute Gasteiger partial charge is 0.399 e. The number of nitrogen functional groups attached to an aromatic ring is 1. The summed E-state index contributed by atoms with van der Waals surface area (Å²) in [5.74, 6) is -0.553. The van der Waals surface area contributed by atoms with Crippen LogP contribution in [0, 0.1) is 0 Å². The van der Waals surface area contributed by atoms with Crippen molar-refractivity contribution in [2.24, 2.45) is 0 Å². The third kappa shape index (κ3) is 2.21. The summed E-state index contributed by atoms with van der Waals surface area (Å²) < 4.78 is 36.5. The fourth-order valence-corrected chi connectivity index (χ4v) is 0.877. The third-order valence-electron chi connectivity index (χ3n) is 1.50. The summed E-state index contributed by atoms with van der Waals surface area (Å²) >= 11 is 0. The summed E-state index contributed by atoms with van der Waals surface area (Å²) in [6.07, 6.45) is -4.58. The average molecular weight is 204 g/mol. The van der Waals surface area contributed by atoms with E-state index in [4.69, 9.17) is 5.73 Å². The first-order valence-electron chi connectivity index (χ1n) is 3.66. The van der Waals surface area contributed by atoms with Crippen LogP contribution in [0.4, 0.5) is 18.9 Å². The highest BCUT2D eigenvalue weighted by atomic mass is 19.4. The Hall–Kier alpha value is -1.59. The quantitative estimate of drug-likeness (QED) is 0.710. The van der Waals surface area contributed by atoms with Gasteiger partial charge in [-0.2, -0.15) is 13.2 Å². The Labute approximate surface area is 77.7 Å². The van der Waals surface area contributed by atoms with Gasteiger partial charge in [0, 0.05) is 12.6 Å². The molecule has 0 aromatic carbocycles. The van der Waals surface area contributed by atoms with Gasteiger partial charge in [0.2, 0.25) is 0 Å². The fraction of sp³-hybridized carbons (Fsp3) is 0.250. The molecular formula is C8H7F3N2O. The van der Waals surface area contributed by atoms with Crippen molar-refractivity contribution in [3.8, 4) is 0 Å². The number of pyridine rings is 1. The number of carbonyl (C=O) groups excluding carboxylic acids is 1. The number of nitrogens with two attached hydrogens (primary N) is 1. The van der Waals surface area contributed by atoms with Gasteiger partial charge < -0.3 is 5.73 Å². The van der Waals surface area contributed by atoms with E-state index in [9.17, 15) is 18.0 Å². The summed E-state index contributed by atoms with van der Waals surface area (Å²) in [5.41, 5.74) is 3.64. The van der Waals surface area contributed by atoms with Crippen LogP contribution in [0.3, 0.4) is 0 Å². The number of aromatic nitrogens is 1. The van der Waals surface area contributed by atoms with Crippen LogP contribution in [0.15, 0.2) is 12.1 Å². The Morgan fingerprint density at radius 1 is 1.43 bits per heavy atom.